The maximum Gasteiger partial charge on any atom is 0.341 e. The van der Waals surface area contributed by atoms with E-state index in [1.54, 1.807) is 38.3 Å². The zero-order valence-corrected chi connectivity index (χ0v) is 15.5. The molecule has 2 heterocycles. The first-order valence-electron chi connectivity index (χ1n) is 8.37. The summed E-state index contributed by atoms with van der Waals surface area (Å²) in [5, 5.41) is 0.803. The quantitative estimate of drug-likeness (QED) is 0.617. The zero-order valence-electron chi connectivity index (χ0n) is 14.7. The van der Waals surface area contributed by atoms with Crippen LogP contribution in [-0.2, 0) is 4.74 Å². The van der Waals surface area contributed by atoms with E-state index in [0.29, 0.717) is 39.4 Å². The van der Waals surface area contributed by atoms with Crippen LogP contribution in [-0.4, -0.2) is 31.5 Å². The summed E-state index contributed by atoms with van der Waals surface area (Å²) in [5.74, 6) is 1.22. The first kappa shape index (κ1) is 17.4. The minimum absolute atomic E-state index is 0.159. The van der Waals surface area contributed by atoms with Crippen LogP contribution in [0.4, 0.5) is 0 Å². The van der Waals surface area contributed by atoms with Crippen molar-refractivity contribution in [3.05, 3.63) is 47.0 Å². The number of carbonyl (C=O) groups is 1. The topological polar surface area (TPSA) is 66.9 Å². The first-order chi connectivity index (χ1) is 13.1. The van der Waals surface area contributed by atoms with Crippen molar-refractivity contribution < 1.29 is 23.7 Å². The van der Waals surface area contributed by atoms with Gasteiger partial charge in [-0.25, -0.2) is 9.78 Å². The molecule has 1 aromatic heterocycles. The normalized spacial score (nSPS) is 12.3. The molecule has 0 N–H and O–H groups in total. The number of nitrogens with zero attached hydrogens (tertiary/aromatic N) is 1. The fraction of sp³-hybridized carbons (Fsp3) is 0.200. The Balaban J connectivity index is 2.01. The molecule has 27 heavy (non-hydrogen) atoms. The average molecular weight is 386 g/mol. The zero-order chi connectivity index (χ0) is 19.0. The molecular weight excluding hydrogens is 370 g/mol. The summed E-state index contributed by atoms with van der Waals surface area (Å²) in [6.45, 7) is 2.12. The fourth-order valence-electron chi connectivity index (χ4n) is 3.05. The summed E-state index contributed by atoms with van der Waals surface area (Å²) in [6.07, 6.45) is 0. The van der Waals surface area contributed by atoms with Crippen molar-refractivity contribution in [2.45, 2.75) is 6.92 Å². The number of rotatable bonds is 4. The molecule has 0 saturated carbocycles. The Kier molecular flexibility index (Phi) is 4.49. The van der Waals surface area contributed by atoms with Crippen molar-refractivity contribution in [2.75, 3.05) is 20.5 Å². The Morgan fingerprint density at radius 2 is 2.04 bits per heavy atom. The van der Waals surface area contributed by atoms with Gasteiger partial charge in [-0.2, -0.15) is 0 Å². The second-order valence-corrected chi connectivity index (χ2v) is 6.17. The fourth-order valence-corrected chi connectivity index (χ4v) is 3.41. The number of benzene rings is 2. The van der Waals surface area contributed by atoms with E-state index in [0.717, 1.165) is 0 Å². The third-order valence-corrected chi connectivity index (χ3v) is 4.64. The lowest BCUT2D eigenvalue weighted by atomic mass is 10.0. The summed E-state index contributed by atoms with van der Waals surface area (Å²) >= 11 is 6.65. The number of esters is 1. The molecule has 0 fully saturated rings. The lowest BCUT2D eigenvalue weighted by molar-refractivity contribution is 0.0527. The monoisotopic (exact) mass is 385 g/mol. The van der Waals surface area contributed by atoms with Crippen LogP contribution in [0.3, 0.4) is 0 Å². The van der Waals surface area contributed by atoms with Gasteiger partial charge in [0.2, 0.25) is 6.79 Å². The number of aromatic nitrogens is 1. The molecule has 0 amide bonds. The molecule has 0 unspecified atom stereocenters. The van der Waals surface area contributed by atoms with Crippen LogP contribution in [0.15, 0.2) is 36.4 Å². The SMILES string of the molecule is CCOC(=O)c1c(-c2ccc3c(c2)OCO3)nc2cccc(OC)c2c1Cl. The van der Waals surface area contributed by atoms with Crippen molar-refractivity contribution >= 4 is 28.5 Å². The van der Waals surface area contributed by atoms with Gasteiger partial charge in [-0.3, -0.25) is 0 Å². The molecule has 1 aliphatic heterocycles. The van der Waals surface area contributed by atoms with Crippen LogP contribution in [0.1, 0.15) is 17.3 Å². The van der Waals surface area contributed by atoms with Crippen LogP contribution in [0.5, 0.6) is 17.2 Å². The molecule has 4 rings (SSSR count). The Labute approximate surface area is 160 Å². The van der Waals surface area contributed by atoms with E-state index >= 15 is 0 Å². The highest BCUT2D eigenvalue weighted by Gasteiger charge is 2.25. The van der Waals surface area contributed by atoms with Gasteiger partial charge in [-0.1, -0.05) is 17.7 Å². The maximum absolute atomic E-state index is 12.7. The van der Waals surface area contributed by atoms with Crippen LogP contribution < -0.4 is 14.2 Å². The largest absolute Gasteiger partial charge is 0.496 e. The van der Waals surface area contributed by atoms with Crippen molar-refractivity contribution in [3.63, 3.8) is 0 Å². The van der Waals surface area contributed by atoms with Crippen LogP contribution in [0.25, 0.3) is 22.2 Å². The number of hydrogen-bond donors (Lipinski definition) is 0. The van der Waals surface area contributed by atoms with Gasteiger partial charge in [0, 0.05) is 5.56 Å². The van der Waals surface area contributed by atoms with Crippen LogP contribution in [0.2, 0.25) is 5.02 Å². The van der Waals surface area contributed by atoms with Gasteiger partial charge in [0.25, 0.3) is 0 Å². The smallest absolute Gasteiger partial charge is 0.341 e. The first-order valence-corrected chi connectivity index (χ1v) is 8.75. The molecule has 3 aromatic rings. The molecule has 138 valence electrons. The Morgan fingerprint density at radius 3 is 2.81 bits per heavy atom. The number of hydrogen-bond acceptors (Lipinski definition) is 6. The standard InChI is InChI=1S/C20H16ClNO5/c1-3-25-20(23)17-18(21)16-12(5-4-6-14(16)24-2)22-19(17)11-7-8-13-15(9-11)27-10-26-13/h4-9H,3,10H2,1-2H3. The van der Waals surface area contributed by atoms with E-state index in [1.807, 2.05) is 12.1 Å². The maximum atomic E-state index is 12.7. The molecule has 2 aromatic carbocycles. The molecule has 7 heteroatoms. The molecule has 6 nitrogen and oxygen atoms in total. The second-order valence-electron chi connectivity index (χ2n) is 5.79. The molecule has 0 spiro atoms. The van der Waals surface area contributed by atoms with Gasteiger partial charge in [0.05, 0.1) is 35.3 Å². The third-order valence-electron chi connectivity index (χ3n) is 4.26. The molecule has 0 radical (unpaired) electrons. The van der Waals surface area contributed by atoms with E-state index in [-0.39, 0.29) is 24.0 Å². The lowest BCUT2D eigenvalue weighted by Gasteiger charge is -2.15. The predicted octanol–water partition coefficient (Wildman–Crippen LogP) is 4.47. The van der Waals surface area contributed by atoms with Gasteiger partial charge >= 0.3 is 5.97 Å². The number of fused-ring (bicyclic) bond motifs is 2. The lowest BCUT2D eigenvalue weighted by Crippen LogP contribution is -2.09. The van der Waals surface area contributed by atoms with Crippen molar-refractivity contribution in [3.8, 4) is 28.5 Å². The summed E-state index contributed by atoms with van der Waals surface area (Å²) in [7, 11) is 1.54. The number of carbonyl (C=O) groups excluding carboxylic acids is 1. The van der Waals surface area contributed by atoms with Gasteiger partial charge in [-0.05, 0) is 37.3 Å². The Hall–Kier alpha value is -2.99. The van der Waals surface area contributed by atoms with Crippen LogP contribution in [0, 0.1) is 0 Å². The second kappa shape index (κ2) is 6.96. The summed E-state index contributed by atoms with van der Waals surface area (Å²) in [4.78, 5) is 17.4. The van der Waals surface area contributed by atoms with Crippen molar-refractivity contribution in [2.24, 2.45) is 0 Å². The van der Waals surface area contributed by atoms with Gasteiger partial charge in [0.15, 0.2) is 11.5 Å². The van der Waals surface area contributed by atoms with E-state index in [9.17, 15) is 4.79 Å². The Bertz CT molecular complexity index is 1050. The van der Waals surface area contributed by atoms with Gasteiger partial charge < -0.3 is 18.9 Å². The third kappa shape index (κ3) is 2.92. The van der Waals surface area contributed by atoms with E-state index < -0.39 is 5.97 Å². The minimum Gasteiger partial charge on any atom is -0.496 e. The van der Waals surface area contributed by atoms with Crippen molar-refractivity contribution in [1.29, 1.82) is 0 Å². The molecule has 0 aliphatic carbocycles. The number of methoxy groups -OCH3 is 1. The average Bonchev–Trinajstić information content (AvgIpc) is 3.15. The van der Waals surface area contributed by atoms with Gasteiger partial charge in [0.1, 0.15) is 11.3 Å². The van der Waals surface area contributed by atoms with E-state index in [2.05, 4.69) is 4.98 Å². The highest BCUT2D eigenvalue weighted by molar-refractivity contribution is 6.39. The number of halogens is 1. The molecular formula is C20H16ClNO5. The number of ether oxygens (including phenoxy) is 4. The van der Waals surface area contributed by atoms with Crippen LogP contribution >= 0.6 is 11.6 Å². The molecule has 0 bridgehead atoms. The summed E-state index contributed by atoms with van der Waals surface area (Å²) < 4.78 is 21.4. The highest BCUT2D eigenvalue weighted by atomic mass is 35.5. The summed E-state index contributed by atoms with van der Waals surface area (Å²) in [6, 6.07) is 10.8. The van der Waals surface area contributed by atoms with Crippen molar-refractivity contribution in [1.82, 2.24) is 4.98 Å². The molecule has 1 aliphatic rings. The number of pyridine rings is 1. The van der Waals surface area contributed by atoms with E-state index in [1.165, 1.54) is 0 Å². The highest BCUT2D eigenvalue weighted by Crippen LogP contribution is 2.41. The summed E-state index contributed by atoms with van der Waals surface area (Å²) in [5.41, 5.74) is 1.89. The Morgan fingerprint density at radius 1 is 1.22 bits per heavy atom. The molecule has 0 atom stereocenters. The predicted molar refractivity (Wildman–Crippen MR) is 101 cm³/mol. The van der Waals surface area contributed by atoms with E-state index in [4.69, 9.17) is 30.5 Å². The minimum atomic E-state index is -0.546. The molecule has 0 saturated heterocycles. The van der Waals surface area contributed by atoms with Gasteiger partial charge in [-0.15, -0.1) is 0 Å².